The molecule has 0 aromatic heterocycles. The number of carbonyl (C=O) groups excluding carboxylic acids is 1. The third-order valence-corrected chi connectivity index (χ3v) is 2.85. The number of hydrogen-bond donors (Lipinski definition) is 1. The van der Waals surface area contributed by atoms with E-state index >= 15 is 0 Å². The zero-order valence-corrected chi connectivity index (χ0v) is 11.1. The van der Waals surface area contributed by atoms with E-state index in [0.717, 1.165) is 0 Å². The summed E-state index contributed by atoms with van der Waals surface area (Å²) < 4.78 is 4.75. The quantitative estimate of drug-likeness (QED) is 0.873. The molecule has 20 heavy (non-hydrogen) atoms. The minimum atomic E-state index is -0.981. The van der Waals surface area contributed by atoms with Crippen LogP contribution in [0.3, 0.4) is 0 Å². The molecule has 0 aliphatic heterocycles. The van der Waals surface area contributed by atoms with E-state index in [1.54, 1.807) is 36.4 Å². The van der Waals surface area contributed by atoms with Gasteiger partial charge in [0.2, 0.25) is 0 Å². The molecule has 0 saturated carbocycles. The van der Waals surface area contributed by atoms with Crippen molar-refractivity contribution in [2.75, 3.05) is 0 Å². The number of carbonyl (C=O) groups is 2. The second-order valence-corrected chi connectivity index (χ2v) is 4.40. The van der Waals surface area contributed by atoms with Gasteiger partial charge in [0.25, 0.3) is 0 Å². The highest BCUT2D eigenvalue weighted by atomic mass is 35.5. The van der Waals surface area contributed by atoms with E-state index in [0.29, 0.717) is 11.1 Å². The Balaban J connectivity index is 2.40. The van der Waals surface area contributed by atoms with E-state index in [1.807, 2.05) is 6.07 Å². The molecule has 2 aromatic carbocycles. The monoisotopic (exact) mass is 290 g/mol. The van der Waals surface area contributed by atoms with Gasteiger partial charge in [-0.15, -0.1) is 0 Å². The maximum atomic E-state index is 11.5. The summed E-state index contributed by atoms with van der Waals surface area (Å²) in [7, 11) is 0. The van der Waals surface area contributed by atoms with E-state index in [2.05, 4.69) is 0 Å². The number of rotatable bonds is 4. The van der Waals surface area contributed by atoms with Gasteiger partial charge in [0.1, 0.15) is 11.7 Å². The number of benzene rings is 2. The van der Waals surface area contributed by atoms with E-state index in [9.17, 15) is 14.7 Å². The molecule has 0 bridgehead atoms. The van der Waals surface area contributed by atoms with Crippen molar-refractivity contribution in [3.63, 3.8) is 0 Å². The smallest absolute Gasteiger partial charge is 0.409 e. The van der Waals surface area contributed by atoms with Gasteiger partial charge in [-0.1, -0.05) is 42.5 Å². The van der Waals surface area contributed by atoms with Gasteiger partial charge in [-0.2, -0.15) is 0 Å². The Morgan fingerprint density at radius 1 is 1.00 bits per heavy atom. The zero-order valence-electron chi connectivity index (χ0n) is 10.3. The highest BCUT2D eigenvalue weighted by Gasteiger charge is 2.22. The second kappa shape index (κ2) is 6.21. The Bertz CT molecular complexity index is 625. The van der Waals surface area contributed by atoms with Gasteiger partial charge in [0, 0.05) is 11.6 Å². The minimum Gasteiger partial charge on any atom is -0.481 e. The molecule has 0 radical (unpaired) electrons. The van der Waals surface area contributed by atoms with Crippen LogP contribution in [-0.4, -0.2) is 16.5 Å². The van der Waals surface area contributed by atoms with Gasteiger partial charge in [0.15, 0.2) is 0 Å². The number of halogens is 1. The summed E-state index contributed by atoms with van der Waals surface area (Å²) in [6, 6.07) is 15.1. The highest BCUT2D eigenvalue weighted by molar-refractivity contribution is 6.61. The number of carboxylic acid groups (broad SMARTS) is 1. The van der Waals surface area contributed by atoms with Crippen molar-refractivity contribution in [3.05, 3.63) is 65.7 Å². The summed E-state index contributed by atoms with van der Waals surface area (Å²) in [6.45, 7) is 0. The predicted octanol–water partition coefficient (Wildman–Crippen LogP) is 3.64. The molecule has 102 valence electrons. The second-order valence-electron chi connectivity index (χ2n) is 4.09. The fourth-order valence-corrected chi connectivity index (χ4v) is 2.06. The lowest BCUT2D eigenvalue weighted by Crippen LogP contribution is -2.13. The molecular weight excluding hydrogens is 280 g/mol. The van der Waals surface area contributed by atoms with Crippen molar-refractivity contribution in [2.24, 2.45) is 0 Å². The summed E-state index contributed by atoms with van der Waals surface area (Å²) in [5.74, 6) is -1.60. The van der Waals surface area contributed by atoms with Crippen molar-refractivity contribution < 1.29 is 19.4 Å². The van der Waals surface area contributed by atoms with E-state index in [4.69, 9.17) is 16.3 Å². The summed E-state index contributed by atoms with van der Waals surface area (Å²) in [5.41, 5.74) is 0.196. The largest absolute Gasteiger partial charge is 0.481 e. The molecule has 0 aliphatic carbocycles. The number of aliphatic carboxylic acids is 1. The molecular formula is C15H11ClO4. The van der Waals surface area contributed by atoms with Crippen LogP contribution in [0.25, 0.3) is 0 Å². The van der Waals surface area contributed by atoms with Gasteiger partial charge in [-0.05, 0) is 23.3 Å². The molecule has 1 N–H and O–H groups in total. The third-order valence-electron chi connectivity index (χ3n) is 2.77. The van der Waals surface area contributed by atoms with Crippen LogP contribution < -0.4 is 4.74 Å². The first kappa shape index (κ1) is 14.1. The van der Waals surface area contributed by atoms with Crippen LogP contribution in [0.2, 0.25) is 0 Å². The maximum Gasteiger partial charge on any atom is 0.409 e. The lowest BCUT2D eigenvalue weighted by Gasteiger charge is -2.14. The molecule has 1 atom stereocenters. The molecule has 0 fully saturated rings. The van der Waals surface area contributed by atoms with Crippen LogP contribution in [0.4, 0.5) is 4.79 Å². The number of ether oxygens (including phenoxy) is 1. The molecule has 1 unspecified atom stereocenters. The van der Waals surface area contributed by atoms with Gasteiger partial charge >= 0.3 is 11.4 Å². The topological polar surface area (TPSA) is 63.6 Å². The molecule has 0 amide bonds. The van der Waals surface area contributed by atoms with Crippen LogP contribution in [0.1, 0.15) is 17.0 Å². The minimum absolute atomic E-state index is 0.213. The van der Waals surface area contributed by atoms with Gasteiger partial charge in [-0.3, -0.25) is 4.79 Å². The number of hydrogen-bond acceptors (Lipinski definition) is 3. The Hall–Kier alpha value is -2.33. The fourth-order valence-electron chi connectivity index (χ4n) is 1.97. The van der Waals surface area contributed by atoms with Crippen molar-refractivity contribution in [3.8, 4) is 5.75 Å². The Morgan fingerprint density at radius 2 is 1.65 bits per heavy atom. The standard InChI is InChI=1S/C15H11ClO4/c16-15(19)20-12-8-4-7-11(9-12)13(14(17)18)10-5-2-1-3-6-10/h1-9,13H,(H,17,18). The maximum absolute atomic E-state index is 11.5. The first-order chi connectivity index (χ1) is 9.58. The lowest BCUT2D eigenvalue weighted by molar-refractivity contribution is -0.137. The average molecular weight is 291 g/mol. The van der Waals surface area contributed by atoms with Crippen LogP contribution in [0.15, 0.2) is 54.6 Å². The first-order valence-electron chi connectivity index (χ1n) is 5.83. The fraction of sp³-hybridized carbons (Fsp3) is 0.0667. The Labute approximate surface area is 120 Å². The summed E-state index contributed by atoms with van der Waals surface area (Å²) in [4.78, 5) is 22.2. The molecule has 4 nitrogen and oxygen atoms in total. The SMILES string of the molecule is O=C(Cl)Oc1cccc(C(C(=O)O)c2ccccc2)c1. The summed E-state index contributed by atoms with van der Waals surface area (Å²) in [5, 5.41) is 9.42. The zero-order chi connectivity index (χ0) is 14.5. The van der Waals surface area contributed by atoms with Gasteiger partial charge in [-0.25, -0.2) is 4.79 Å². The lowest BCUT2D eigenvalue weighted by atomic mass is 9.91. The van der Waals surface area contributed by atoms with Crippen molar-refractivity contribution in [1.29, 1.82) is 0 Å². The number of carboxylic acids is 1. The van der Waals surface area contributed by atoms with Crippen LogP contribution >= 0.6 is 11.6 Å². The molecule has 0 saturated heterocycles. The first-order valence-corrected chi connectivity index (χ1v) is 6.21. The molecule has 0 heterocycles. The highest BCUT2D eigenvalue weighted by Crippen LogP contribution is 2.27. The predicted molar refractivity (Wildman–Crippen MR) is 74.2 cm³/mol. The normalized spacial score (nSPS) is 11.7. The van der Waals surface area contributed by atoms with Gasteiger partial charge < -0.3 is 9.84 Å². The molecule has 0 aliphatic rings. The van der Waals surface area contributed by atoms with E-state index < -0.39 is 17.3 Å². The van der Waals surface area contributed by atoms with E-state index in [-0.39, 0.29) is 5.75 Å². The molecule has 2 rings (SSSR count). The van der Waals surface area contributed by atoms with Crippen molar-refractivity contribution in [1.82, 2.24) is 0 Å². The Morgan fingerprint density at radius 3 is 2.25 bits per heavy atom. The molecule has 5 heteroatoms. The van der Waals surface area contributed by atoms with Crippen LogP contribution in [-0.2, 0) is 4.79 Å². The van der Waals surface area contributed by atoms with Gasteiger partial charge in [0.05, 0.1) is 0 Å². The van der Waals surface area contributed by atoms with Crippen LogP contribution in [0.5, 0.6) is 5.75 Å². The average Bonchev–Trinajstić information content (AvgIpc) is 2.39. The van der Waals surface area contributed by atoms with Crippen LogP contribution in [0, 0.1) is 0 Å². The Kier molecular flexibility index (Phi) is 4.38. The third kappa shape index (κ3) is 3.36. The summed E-state index contributed by atoms with van der Waals surface area (Å²) >= 11 is 5.15. The molecule has 0 spiro atoms. The van der Waals surface area contributed by atoms with Crippen molar-refractivity contribution >= 4 is 23.0 Å². The molecule has 2 aromatic rings. The summed E-state index contributed by atoms with van der Waals surface area (Å²) in [6.07, 6.45) is 0. The van der Waals surface area contributed by atoms with E-state index in [1.165, 1.54) is 12.1 Å². The van der Waals surface area contributed by atoms with Crippen molar-refractivity contribution in [2.45, 2.75) is 5.92 Å².